The summed E-state index contributed by atoms with van der Waals surface area (Å²) in [5.41, 5.74) is 4.84. The molecule has 0 spiro atoms. The van der Waals surface area contributed by atoms with Crippen molar-refractivity contribution in [3.8, 4) is 0 Å². The van der Waals surface area contributed by atoms with Crippen LogP contribution in [0.5, 0.6) is 0 Å². The fourth-order valence-electron chi connectivity index (χ4n) is 4.03. The molecule has 2 aromatic carbocycles. The molecule has 1 aliphatic heterocycles. The van der Waals surface area contributed by atoms with Gasteiger partial charge in [0.05, 0.1) is 18.5 Å². The molecule has 5 heteroatoms. The topological polar surface area (TPSA) is 46.6 Å². The van der Waals surface area contributed by atoms with Crippen molar-refractivity contribution in [2.24, 2.45) is 0 Å². The molecule has 4 nitrogen and oxygen atoms in total. The minimum absolute atomic E-state index is 0.0850. The molecule has 0 aromatic heterocycles. The molecule has 1 saturated heterocycles. The Kier molecular flexibility index (Phi) is 5.69. The number of ether oxygens (including phenoxy) is 1. The summed E-state index contributed by atoms with van der Waals surface area (Å²) in [5, 5.41) is -0.155. The highest BCUT2D eigenvalue weighted by Crippen LogP contribution is 2.36. The number of benzene rings is 2. The predicted molar refractivity (Wildman–Crippen MR) is 107 cm³/mol. The average molecular weight is 384 g/mol. The van der Waals surface area contributed by atoms with Gasteiger partial charge in [0, 0.05) is 36.1 Å². The normalized spacial score (nSPS) is 18.3. The summed E-state index contributed by atoms with van der Waals surface area (Å²) >= 11 is 0. The summed E-state index contributed by atoms with van der Waals surface area (Å²) in [6, 6.07) is 16.6. The van der Waals surface area contributed by atoms with Crippen LogP contribution in [0.3, 0.4) is 0 Å². The Balaban J connectivity index is 1.56. The maximum absolute atomic E-state index is 13.4. The highest BCUT2D eigenvalue weighted by atomic mass is 32.2. The quantitative estimate of drug-likeness (QED) is 0.816. The zero-order chi connectivity index (χ0) is 18.6. The molecular formula is C22H25NO3S. The van der Waals surface area contributed by atoms with Gasteiger partial charge in [0.15, 0.2) is 0 Å². The molecule has 0 radical (unpaired) electrons. The second-order valence-electron chi connectivity index (χ2n) is 7.11. The maximum Gasteiger partial charge on any atom is 0.223 e. The van der Waals surface area contributed by atoms with Crippen LogP contribution in [0.1, 0.15) is 33.9 Å². The minimum Gasteiger partial charge on any atom is -0.378 e. The number of carbonyl (C=O) groups excluding carboxylic acids is 1. The SMILES string of the molecule is O=C(CCS(=O)C1c2ccccc2CCc2ccccc21)N1CCOCC1. The third-order valence-electron chi connectivity index (χ3n) is 5.48. The van der Waals surface area contributed by atoms with Crippen LogP contribution in [0.2, 0.25) is 0 Å². The number of nitrogens with zero attached hydrogens (tertiary/aromatic N) is 1. The van der Waals surface area contributed by atoms with Crippen molar-refractivity contribution in [3.63, 3.8) is 0 Å². The van der Waals surface area contributed by atoms with E-state index in [4.69, 9.17) is 4.74 Å². The summed E-state index contributed by atoms with van der Waals surface area (Å²) in [6.07, 6.45) is 2.26. The molecule has 27 heavy (non-hydrogen) atoms. The van der Waals surface area contributed by atoms with Crippen molar-refractivity contribution >= 4 is 16.7 Å². The predicted octanol–water partition coefficient (Wildman–Crippen LogP) is 2.87. The molecule has 2 aliphatic rings. The Morgan fingerprint density at radius 2 is 1.52 bits per heavy atom. The molecular weight excluding hydrogens is 358 g/mol. The van der Waals surface area contributed by atoms with E-state index in [1.165, 1.54) is 11.1 Å². The van der Waals surface area contributed by atoms with Gasteiger partial charge in [-0.05, 0) is 35.1 Å². The Labute approximate surface area is 163 Å². The first-order chi connectivity index (χ1) is 13.2. The average Bonchev–Trinajstić information content (AvgIpc) is 2.89. The van der Waals surface area contributed by atoms with E-state index in [0.29, 0.717) is 38.5 Å². The fourth-order valence-corrected chi connectivity index (χ4v) is 5.67. The summed E-state index contributed by atoms with van der Waals surface area (Å²) in [5.74, 6) is 0.477. The Morgan fingerprint density at radius 3 is 2.11 bits per heavy atom. The molecule has 1 unspecified atom stereocenters. The first-order valence-corrected chi connectivity index (χ1v) is 11.0. The van der Waals surface area contributed by atoms with Crippen molar-refractivity contribution in [2.75, 3.05) is 32.1 Å². The molecule has 4 rings (SSSR count). The van der Waals surface area contributed by atoms with Gasteiger partial charge in [-0.2, -0.15) is 0 Å². The van der Waals surface area contributed by atoms with Crippen LogP contribution in [0.4, 0.5) is 0 Å². The molecule has 1 heterocycles. The molecule has 0 bridgehead atoms. The van der Waals surface area contributed by atoms with E-state index in [2.05, 4.69) is 36.4 Å². The van der Waals surface area contributed by atoms with E-state index in [1.807, 2.05) is 17.0 Å². The molecule has 1 fully saturated rings. The van der Waals surface area contributed by atoms with Crippen molar-refractivity contribution < 1.29 is 13.7 Å². The lowest BCUT2D eigenvalue weighted by Gasteiger charge is -2.27. The monoisotopic (exact) mass is 383 g/mol. The van der Waals surface area contributed by atoms with Gasteiger partial charge < -0.3 is 9.64 Å². The van der Waals surface area contributed by atoms with Crippen LogP contribution in [-0.4, -0.2) is 47.1 Å². The zero-order valence-electron chi connectivity index (χ0n) is 15.4. The van der Waals surface area contributed by atoms with Gasteiger partial charge >= 0.3 is 0 Å². The van der Waals surface area contributed by atoms with Gasteiger partial charge in [-0.25, -0.2) is 0 Å². The number of rotatable bonds is 4. The third-order valence-corrected chi connectivity index (χ3v) is 7.12. The lowest BCUT2D eigenvalue weighted by atomic mass is 10.00. The number of morpholine rings is 1. The van der Waals surface area contributed by atoms with E-state index in [-0.39, 0.29) is 11.2 Å². The highest BCUT2D eigenvalue weighted by molar-refractivity contribution is 7.85. The number of fused-ring (bicyclic) bond motifs is 2. The Morgan fingerprint density at radius 1 is 0.963 bits per heavy atom. The van der Waals surface area contributed by atoms with Crippen LogP contribution in [-0.2, 0) is 33.2 Å². The molecule has 0 saturated carbocycles. The second-order valence-corrected chi connectivity index (χ2v) is 8.75. The minimum atomic E-state index is -1.14. The molecule has 1 aliphatic carbocycles. The van der Waals surface area contributed by atoms with E-state index < -0.39 is 10.8 Å². The largest absolute Gasteiger partial charge is 0.378 e. The number of carbonyl (C=O) groups is 1. The standard InChI is InChI=1S/C22H25NO3S/c24-21(23-12-14-26-15-13-23)11-16-27(25)22-19-7-3-1-5-17(19)9-10-18-6-2-4-8-20(18)22/h1-8,22H,9-16H2. The smallest absolute Gasteiger partial charge is 0.223 e. The zero-order valence-corrected chi connectivity index (χ0v) is 16.2. The fraction of sp³-hybridized carbons (Fsp3) is 0.409. The maximum atomic E-state index is 13.4. The third kappa shape index (κ3) is 3.99. The van der Waals surface area contributed by atoms with Gasteiger partial charge in [0.2, 0.25) is 5.91 Å². The number of amides is 1. The number of hydrogen-bond acceptors (Lipinski definition) is 3. The van der Waals surface area contributed by atoms with Gasteiger partial charge in [0.25, 0.3) is 0 Å². The van der Waals surface area contributed by atoms with Crippen LogP contribution in [0, 0.1) is 0 Å². The van der Waals surface area contributed by atoms with E-state index in [9.17, 15) is 9.00 Å². The van der Waals surface area contributed by atoms with E-state index >= 15 is 0 Å². The van der Waals surface area contributed by atoms with Crippen LogP contribution < -0.4 is 0 Å². The second kappa shape index (κ2) is 8.36. The Bertz CT molecular complexity index is 797. The molecule has 142 valence electrons. The first-order valence-electron chi connectivity index (χ1n) is 9.62. The number of aryl methyl sites for hydroxylation is 2. The van der Waals surface area contributed by atoms with Crippen LogP contribution in [0.25, 0.3) is 0 Å². The summed E-state index contributed by atoms with van der Waals surface area (Å²) in [6.45, 7) is 2.47. The van der Waals surface area contributed by atoms with Crippen molar-refractivity contribution in [1.29, 1.82) is 0 Å². The molecule has 0 N–H and O–H groups in total. The highest BCUT2D eigenvalue weighted by Gasteiger charge is 2.28. The van der Waals surface area contributed by atoms with Gasteiger partial charge in [-0.3, -0.25) is 9.00 Å². The van der Waals surface area contributed by atoms with Crippen molar-refractivity contribution in [1.82, 2.24) is 4.90 Å². The number of hydrogen-bond donors (Lipinski definition) is 0. The van der Waals surface area contributed by atoms with Gasteiger partial charge in [-0.15, -0.1) is 0 Å². The van der Waals surface area contributed by atoms with Gasteiger partial charge in [0.1, 0.15) is 0 Å². The lowest BCUT2D eigenvalue weighted by molar-refractivity contribution is -0.134. The van der Waals surface area contributed by atoms with E-state index in [1.54, 1.807) is 0 Å². The van der Waals surface area contributed by atoms with E-state index in [0.717, 1.165) is 24.0 Å². The molecule has 2 aromatic rings. The van der Waals surface area contributed by atoms with Gasteiger partial charge in [-0.1, -0.05) is 48.5 Å². The summed E-state index contributed by atoms with van der Waals surface area (Å²) in [4.78, 5) is 14.3. The summed E-state index contributed by atoms with van der Waals surface area (Å²) in [7, 11) is -1.14. The Hall–Kier alpha value is -1.98. The first kappa shape index (κ1) is 18.4. The summed E-state index contributed by atoms with van der Waals surface area (Å²) < 4.78 is 18.7. The lowest BCUT2D eigenvalue weighted by Crippen LogP contribution is -2.41. The van der Waals surface area contributed by atoms with Crippen molar-refractivity contribution in [3.05, 3.63) is 70.8 Å². The van der Waals surface area contributed by atoms with Crippen molar-refractivity contribution in [2.45, 2.75) is 24.5 Å². The van der Waals surface area contributed by atoms with Crippen LogP contribution in [0.15, 0.2) is 48.5 Å². The molecule has 1 atom stereocenters. The van der Waals surface area contributed by atoms with Crippen LogP contribution >= 0.6 is 0 Å². The molecule has 1 amide bonds.